The molecule has 196 valence electrons. The monoisotopic (exact) mass is 635 g/mol. The molecule has 0 fully saturated rings. The van der Waals surface area contributed by atoms with Crippen LogP contribution in [0.1, 0.15) is 19.4 Å². The predicted octanol–water partition coefficient (Wildman–Crippen LogP) is 4.05. The molecule has 0 heterocycles. The molecule has 0 unspecified atom stereocenters. The van der Waals surface area contributed by atoms with Crippen molar-refractivity contribution in [3.8, 4) is 5.75 Å². The van der Waals surface area contributed by atoms with Crippen molar-refractivity contribution in [2.75, 3.05) is 24.5 Å². The Labute approximate surface area is 231 Å². The number of carbonyl (C=O) groups is 2. The van der Waals surface area contributed by atoms with Gasteiger partial charge in [0, 0.05) is 16.7 Å². The lowest BCUT2D eigenvalue weighted by Crippen LogP contribution is -2.51. The van der Waals surface area contributed by atoms with E-state index in [0.29, 0.717) is 18.0 Å². The molecule has 10 heteroatoms. The summed E-state index contributed by atoms with van der Waals surface area (Å²) in [6.45, 7) is 3.45. The predicted molar refractivity (Wildman–Crippen MR) is 152 cm³/mol. The second-order valence-corrected chi connectivity index (χ2v) is 11.4. The Balaban J connectivity index is 2.01. The van der Waals surface area contributed by atoms with Crippen LogP contribution in [-0.2, 0) is 26.2 Å². The Morgan fingerprint density at radius 3 is 2.30 bits per heavy atom. The fourth-order valence-corrected chi connectivity index (χ4v) is 5.52. The first-order valence-electron chi connectivity index (χ1n) is 11.7. The van der Waals surface area contributed by atoms with E-state index in [-0.39, 0.29) is 17.3 Å². The van der Waals surface area contributed by atoms with E-state index < -0.39 is 28.5 Å². The van der Waals surface area contributed by atoms with Gasteiger partial charge in [-0.3, -0.25) is 13.9 Å². The smallest absolute Gasteiger partial charge is 0.264 e. The molecule has 0 aliphatic heterocycles. The van der Waals surface area contributed by atoms with Gasteiger partial charge in [0.05, 0.1) is 17.7 Å². The summed E-state index contributed by atoms with van der Waals surface area (Å²) in [7, 11) is -2.52. The molecule has 0 spiro atoms. The van der Waals surface area contributed by atoms with Crippen LogP contribution in [0.25, 0.3) is 0 Å². The number of rotatable bonds is 11. The van der Waals surface area contributed by atoms with Gasteiger partial charge in [0.15, 0.2) is 0 Å². The van der Waals surface area contributed by atoms with Crippen LogP contribution in [0.15, 0.2) is 83.8 Å². The van der Waals surface area contributed by atoms with Gasteiger partial charge >= 0.3 is 0 Å². The van der Waals surface area contributed by atoms with Crippen molar-refractivity contribution in [2.45, 2.75) is 31.3 Å². The molecular formula is C27H30IN3O5S. The number of ether oxygens (including phenoxy) is 1. The van der Waals surface area contributed by atoms with Gasteiger partial charge in [-0.2, -0.15) is 0 Å². The summed E-state index contributed by atoms with van der Waals surface area (Å²) in [5, 5.41) is 2.75. The van der Waals surface area contributed by atoms with Crippen LogP contribution in [-0.4, -0.2) is 51.4 Å². The Morgan fingerprint density at radius 1 is 1.00 bits per heavy atom. The molecule has 3 aromatic carbocycles. The lowest BCUT2D eigenvalue weighted by atomic mass is 10.1. The second kappa shape index (κ2) is 12.9. The highest BCUT2D eigenvalue weighted by atomic mass is 127. The third-order valence-corrected chi connectivity index (χ3v) is 8.24. The molecular weight excluding hydrogens is 605 g/mol. The summed E-state index contributed by atoms with van der Waals surface area (Å²) >= 11 is 2.13. The minimum Gasteiger partial charge on any atom is -0.497 e. The first-order chi connectivity index (χ1) is 17.7. The van der Waals surface area contributed by atoms with Gasteiger partial charge in [-0.15, -0.1) is 0 Å². The standard InChI is InChI=1S/C27H30IN3O5S/c1-4-29-27(33)20(2)30(18-21-9-8-10-24(17-21)36-3)26(32)19-31(23-15-13-22(28)14-16-23)37(34,35)25-11-6-5-7-12-25/h5-17,20H,4,18-19H2,1-3H3,(H,29,33)/t20-/m1/s1. The number of benzene rings is 3. The average molecular weight is 636 g/mol. The summed E-state index contributed by atoms with van der Waals surface area (Å²) in [4.78, 5) is 28.0. The van der Waals surface area contributed by atoms with E-state index in [2.05, 4.69) is 27.9 Å². The number of carbonyl (C=O) groups excluding carboxylic acids is 2. The van der Waals surface area contributed by atoms with E-state index in [1.807, 2.05) is 6.07 Å². The molecule has 0 aliphatic carbocycles. The number of nitrogens with one attached hydrogen (secondary N) is 1. The molecule has 0 saturated carbocycles. The van der Waals surface area contributed by atoms with Gasteiger partial charge in [0.2, 0.25) is 11.8 Å². The van der Waals surface area contributed by atoms with Crippen LogP contribution in [0, 0.1) is 3.57 Å². The number of sulfonamides is 1. The van der Waals surface area contributed by atoms with E-state index in [1.54, 1.807) is 81.6 Å². The quantitative estimate of drug-likeness (QED) is 0.321. The third kappa shape index (κ3) is 7.22. The van der Waals surface area contributed by atoms with Gasteiger partial charge in [0.25, 0.3) is 10.0 Å². The van der Waals surface area contributed by atoms with Gasteiger partial charge in [0.1, 0.15) is 18.3 Å². The highest BCUT2D eigenvalue weighted by molar-refractivity contribution is 14.1. The summed E-state index contributed by atoms with van der Waals surface area (Å²) in [5.41, 5.74) is 1.10. The SMILES string of the molecule is CCNC(=O)[C@@H](C)N(Cc1cccc(OC)c1)C(=O)CN(c1ccc(I)cc1)S(=O)(=O)c1ccccc1. The van der Waals surface area contributed by atoms with Gasteiger partial charge in [-0.1, -0.05) is 30.3 Å². The number of likely N-dealkylation sites (N-methyl/N-ethyl adjacent to an activating group) is 1. The zero-order chi connectivity index (χ0) is 27.0. The molecule has 0 aromatic heterocycles. The van der Waals surface area contributed by atoms with E-state index in [0.717, 1.165) is 13.4 Å². The maximum Gasteiger partial charge on any atom is 0.264 e. The molecule has 0 aliphatic rings. The Hall–Kier alpha value is -3.12. The number of nitrogens with zero attached hydrogens (tertiary/aromatic N) is 2. The molecule has 1 atom stereocenters. The summed E-state index contributed by atoms with van der Waals surface area (Å²) in [6, 6.07) is 21.2. The van der Waals surface area contributed by atoms with Crippen LogP contribution in [0.2, 0.25) is 0 Å². The van der Waals surface area contributed by atoms with Crippen molar-refractivity contribution in [2.24, 2.45) is 0 Å². The van der Waals surface area contributed by atoms with Crippen LogP contribution in [0.3, 0.4) is 0 Å². The number of methoxy groups -OCH3 is 1. The molecule has 1 N–H and O–H groups in total. The maximum absolute atomic E-state index is 13.8. The Bertz CT molecular complexity index is 1320. The first kappa shape index (κ1) is 28.5. The van der Waals surface area contributed by atoms with E-state index in [9.17, 15) is 18.0 Å². The minimum absolute atomic E-state index is 0.0671. The van der Waals surface area contributed by atoms with Crippen molar-refractivity contribution in [3.63, 3.8) is 0 Å². The molecule has 37 heavy (non-hydrogen) atoms. The number of hydrogen-bond donors (Lipinski definition) is 1. The van der Waals surface area contributed by atoms with E-state index in [4.69, 9.17) is 4.74 Å². The van der Waals surface area contributed by atoms with Crippen molar-refractivity contribution in [3.05, 3.63) is 88.0 Å². The van der Waals surface area contributed by atoms with E-state index in [1.165, 1.54) is 17.0 Å². The Kier molecular flexibility index (Phi) is 9.93. The van der Waals surface area contributed by atoms with Crippen LogP contribution >= 0.6 is 22.6 Å². The number of anilines is 1. The topological polar surface area (TPSA) is 96.0 Å². The van der Waals surface area contributed by atoms with E-state index >= 15 is 0 Å². The molecule has 3 aromatic rings. The van der Waals surface area contributed by atoms with Crippen molar-refractivity contribution >= 4 is 50.1 Å². The van der Waals surface area contributed by atoms with Crippen LogP contribution in [0.5, 0.6) is 5.75 Å². The highest BCUT2D eigenvalue weighted by Crippen LogP contribution is 2.25. The maximum atomic E-state index is 13.8. The number of amides is 2. The number of halogens is 1. The first-order valence-corrected chi connectivity index (χ1v) is 14.2. The molecule has 8 nitrogen and oxygen atoms in total. The van der Waals surface area contributed by atoms with Crippen LogP contribution in [0.4, 0.5) is 5.69 Å². The third-order valence-electron chi connectivity index (χ3n) is 5.73. The zero-order valence-corrected chi connectivity index (χ0v) is 23.9. The fourth-order valence-electron chi connectivity index (χ4n) is 3.73. The normalized spacial score (nSPS) is 11.9. The van der Waals surface area contributed by atoms with Crippen molar-refractivity contribution < 1.29 is 22.7 Å². The highest BCUT2D eigenvalue weighted by Gasteiger charge is 2.32. The fraction of sp³-hybridized carbons (Fsp3) is 0.259. The lowest BCUT2D eigenvalue weighted by Gasteiger charge is -2.32. The van der Waals surface area contributed by atoms with Gasteiger partial charge in [-0.25, -0.2) is 8.42 Å². The van der Waals surface area contributed by atoms with Crippen molar-refractivity contribution in [1.82, 2.24) is 10.2 Å². The zero-order valence-electron chi connectivity index (χ0n) is 20.9. The summed E-state index contributed by atoms with van der Waals surface area (Å²) in [5.74, 6) is -0.229. The summed E-state index contributed by atoms with van der Waals surface area (Å²) in [6.07, 6.45) is 0. The molecule has 0 radical (unpaired) electrons. The Morgan fingerprint density at radius 2 is 1.68 bits per heavy atom. The average Bonchev–Trinajstić information content (AvgIpc) is 2.91. The molecule has 3 rings (SSSR count). The second-order valence-electron chi connectivity index (χ2n) is 8.24. The van der Waals surface area contributed by atoms with Crippen LogP contribution < -0.4 is 14.4 Å². The minimum atomic E-state index is -4.07. The lowest BCUT2D eigenvalue weighted by molar-refractivity contribution is -0.139. The molecule has 0 saturated heterocycles. The van der Waals surface area contributed by atoms with Gasteiger partial charge in [-0.05, 0) is 90.5 Å². The van der Waals surface area contributed by atoms with Gasteiger partial charge < -0.3 is 15.0 Å². The van der Waals surface area contributed by atoms with Crippen molar-refractivity contribution in [1.29, 1.82) is 0 Å². The molecule has 0 bridgehead atoms. The number of hydrogen-bond acceptors (Lipinski definition) is 5. The molecule has 2 amide bonds. The summed E-state index contributed by atoms with van der Waals surface area (Å²) < 4.78 is 34.7. The largest absolute Gasteiger partial charge is 0.497 e.